The van der Waals surface area contributed by atoms with Crippen molar-refractivity contribution in [1.82, 2.24) is 24.6 Å². The van der Waals surface area contributed by atoms with E-state index >= 15 is 0 Å². The number of H-pyrrole nitrogens is 1. The summed E-state index contributed by atoms with van der Waals surface area (Å²) >= 11 is 1.72. The highest BCUT2D eigenvalue weighted by Crippen LogP contribution is 2.23. The number of likely N-dealkylation sites (N-methyl/N-ethyl adjacent to an activating group) is 1. The Morgan fingerprint density at radius 2 is 2.16 bits per heavy atom. The van der Waals surface area contributed by atoms with E-state index in [-0.39, 0.29) is 17.1 Å². The number of aromatic amines is 1. The van der Waals surface area contributed by atoms with Gasteiger partial charge in [-0.3, -0.25) is 9.78 Å². The molecule has 8 heteroatoms. The van der Waals surface area contributed by atoms with Crippen molar-refractivity contribution in [2.45, 2.75) is 32.4 Å². The Morgan fingerprint density at radius 3 is 2.76 bits per heavy atom. The summed E-state index contributed by atoms with van der Waals surface area (Å²) < 4.78 is 1.78. The van der Waals surface area contributed by atoms with Crippen LogP contribution in [0.4, 0.5) is 5.95 Å². The molecule has 25 heavy (non-hydrogen) atoms. The number of fused-ring (bicyclic) bond motifs is 1. The molecule has 0 aliphatic carbocycles. The average Bonchev–Trinajstić information content (AvgIpc) is 3.15. The fourth-order valence-electron chi connectivity index (χ4n) is 2.70. The van der Waals surface area contributed by atoms with Gasteiger partial charge in [0.15, 0.2) is 5.65 Å². The van der Waals surface area contributed by atoms with Crippen LogP contribution in [0.2, 0.25) is 0 Å². The summed E-state index contributed by atoms with van der Waals surface area (Å²) in [4.78, 5) is 23.2. The van der Waals surface area contributed by atoms with E-state index in [2.05, 4.69) is 36.7 Å². The number of hydrogen-bond acceptors (Lipinski definition) is 6. The number of nitrogens with one attached hydrogen (secondary N) is 2. The second-order valence-electron chi connectivity index (χ2n) is 7.25. The Hall–Kier alpha value is -2.19. The van der Waals surface area contributed by atoms with Gasteiger partial charge in [-0.15, -0.1) is 11.3 Å². The predicted octanol–water partition coefficient (Wildman–Crippen LogP) is 2.65. The van der Waals surface area contributed by atoms with Gasteiger partial charge in [0.25, 0.3) is 5.56 Å². The minimum atomic E-state index is -0.247. The highest BCUT2D eigenvalue weighted by molar-refractivity contribution is 7.10. The van der Waals surface area contributed by atoms with Crippen LogP contribution in [0.1, 0.15) is 31.7 Å². The lowest BCUT2D eigenvalue weighted by Crippen LogP contribution is -2.28. The largest absolute Gasteiger partial charge is 0.354 e. The normalized spacial score (nSPS) is 13.5. The van der Waals surface area contributed by atoms with Crippen molar-refractivity contribution in [2.75, 3.05) is 26.0 Å². The van der Waals surface area contributed by atoms with E-state index in [1.807, 2.05) is 40.9 Å². The molecule has 0 aliphatic rings. The van der Waals surface area contributed by atoms with Gasteiger partial charge >= 0.3 is 0 Å². The van der Waals surface area contributed by atoms with Gasteiger partial charge in [-0.25, -0.2) is 4.68 Å². The van der Waals surface area contributed by atoms with Crippen molar-refractivity contribution >= 4 is 28.3 Å². The van der Waals surface area contributed by atoms with Gasteiger partial charge in [-0.05, 0) is 46.3 Å². The first-order chi connectivity index (χ1) is 11.8. The molecule has 1 atom stereocenters. The topological polar surface area (TPSA) is 78.8 Å². The van der Waals surface area contributed by atoms with Crippen LogP contribution in [0.25, 0.3) is 11.0 Å². The molecule has 3 aromatic heterocycles. The van der Waals surface area contributed by atoms with Crippen molar-refractivity contribution in [2.24, 2.45) is 0 Å². The van der Waals surface area contributed by atoms with Crippen molar-refractivity contribution in [1.29, 1.82) is 0 Å². The Morgan fingerprint density at radius 1 is 1.40 bits per heavy atom. The molecule has 0 aromatic carbocycles. The van der Waals surface area contributed by atoms with E-state index in [0.29, 0.717) is 23.5 Å². The molecule has 0 saturated carbocycles. The highest BCUT2D eigenvalue weighted by atomic mass is 32.1. The van der Waals surface area contributed by atoms with E-state index in [1.165, 1.54) is 4.88 Å². The quantitative estimate of drug-likeness (QED) is 0.731. The van der Waals surface area contributed by atoms with Gasteiger partial charge in [0.1, 0.15) is 5.39 Å². The van der Waals surface area contributed by atoms with Crippen LogP contribution in [-0.2, 0) is 5.54 Å². The molecule has 3 heterocycles. The molecule has 0 aliphatic heterocycles. The van der Waals surface area contributed by atoms with Crippen LogP contribution in [0, 0.1) is 0 Å². The predicted molar refractivity (Wildman–Crippen MR) is 102 cm³/mol. The third kappa shape index (κ3) is 3.59. The third-order valence-electron chi connectivity index (χ3n) is 4.03. The zero-order valence-electron chi connectivity index (χ0n) is 15.2. The number of nitrogens with zero attached hydrogens (tertiary/aromatic N) is 4. The first kappa shape index (κ1) is 17.6. The summed E-state index contributed by atoms with van der Waals surface area (Å²) in [5.41, 5.74) is 0.167. The van der Waals surface area contributed by atoms with Crippen molar-refractivity contribution in [3.63, 3.8) is 0 Å². The Bertz CT molecular complexity index is 904. The van der Waals surface area contributed by atoms with Crippen molar-refractivity contribution < 1.29 is 0 Å². The fraction of sp³-hybridized carbons (Fsp3) is 0.471. The molecule has 3 rings (SSSR count). The van der Waals surface area contributed by atoms with Crippen LogP contribution >= 0.6 is 11.3 Å². The lowest BCUT2D eigenvalue weighted by atomic mass is 10.1. The fourth-order valence-corrected chi connectivity index (χ4v) is 3.63. The van der Waals surface area contributed by atoms with E-state index in [0.717, 1.165) is 0 Å². The Labute approximate surface area is 150 Å². The first-order valence-electron chi connectivity index (χ1n) is 8.19. The van der Waals surface area contributed by atoms with Gasteiger partial charge < -0.3 is 10.2 Å². The van der Waals surface area contributed by atoms with Crippen LogP contribution in [0.5, 0.6) is 0 Å². The molecule has 1 unspecified atom stereocenters. The number of rotatable bonds is 5. The molecule has 134 valence electrons. The number of aromatic nitrogens is 4. The van der Waals surface area contributed by atoms with Crippen molar-refractivity contribution in [3.05, 3.63) is 38.9 Å². The number of thiophene rings is 1. The minimum Gasteiger partial charge on any atom is -0.354 e. The number of hydrogen-bond donors (Lipinski definition) is 2. The van der Waals surface area contributed by atoms with Gasteiger partial charge in [-0.2, -0.15) is 10.1 Å². The monoisotopic (exact) mass is 360 g/mol. The van der Waals surface area contributed by atoms with Crippen LogP contribution in [-0.4, -0.2) is 45.3 Å². The lowest BCUT2D eigenvalue weighted by molar-refractivity contribution is 0.315. The summed E-state index contributed by atoms with van der Waals surface area (Å²) in [5.74, 6) is 0.465. The molecular weight excluding hydrogens is 336 g/mol. The zero-order valence-corrected chi connectivity index (χ0v) is 16.0. The first-order valence-corrected chi connectivity index (χ1v) is 9.07. The highest BCUT2D eigenvalue weighted by Gasteiger charge is 2.20. The van der Waals surface area contributed by atoms with E-state index < -0.39 is 0 Å². The molecule has 0 saturated heterocycles. The maximum Gasteiger partial charge on any atom is 0.263 e. The summed E-state index contributed by atoms with van der Waals surface area (Å²) in [6, 6.07) is 4.36. The summed E-state index contributed by atoms with van der Waals surface area (Å²) in [6.45, 7) is 6.75. The standard InChI is InChI=1S/C17H24N6OS/c1-17(2,3)23-14-11(9-19-23)15(24)21-16(20-14)18-10-12(22(4)5)13-7-6-8-25-13/h6-9,12H,10H2,1-5H3,(H2,18,20,21,24). The maximum absolute atomic E-state index is 12.3. The Balaban J connectivity index is 1.90. The van der Waals surface area contributed by atoms with Crippen molar-refractivity contribution in [3.8, 4) is 0 Å². The minimum absolute atomic E-state index is 0.180. The van der Waals surface area contributed by atoms with Gasteiger partial charge in [0, 0.05) is 11.4 Å². The second-order valence-corrected chi connectivity index (χ2v) is 8.23. The summed E-state index contributed by atoms with van der Waals surface area (Å²) in [7, 11) is 4.08. The SMILES string of the molecule is CN(C)C(CNc1nc2c(cnn2C(C)(C)C)c(=O)[nH]1)c1cccs1. The second kappa shape index (κ2) is 6.61. The molecular formula is C17H24N6OS. The van der Waals surface area contributed by atoms with E-state index in [4.69, 9.17) is 0 Å². The lowest BCUT2D eigenvalue weighted by Gasteiger charge is -2.24. The van der Waals surface area contributed by atoms with E-state index in [1.54, 1.807) is 22.2 Å². The van der Waals surface area contributed by atoms with E-state index in [9.17, 15) is 4.79 Å². The average molecular weight is 360 g/mol. The molecule has 3 aromatic rings. The van der Waals surface area contributed by atoms with Gasteiger partial charge in [0.2, 0.25) is 5.95 Å². The number of anilines is 1. The van der Waals surface area contributed by atoms with Crippen LogP contribution in [0.15, 0.2) is 28.5 Å². The van der Waals surface area contributed by atoms with Gasteiger partial charge in [0.05, 0.1) is 17.8 Å². The molecule has 0 spiro atoms. The van der Waals surface area contributed by atoms with Crippen LogP contribution in [0.3, 0.4) is 0 Å². The summed E-state index contributed by atoms with van der Waals surface area (Å²) in [5, 5.41) is 10.2. The third-order valence-corrected chi connectivity index (χ3v) is 5.00. The van der Waals surface area contributed by atoms with Gasteiger partial charge in [-0.1, -0.05) is 6.07 Å². The zero-order chi connectivity index (χ0) is 18.2. The molecule has 0 amide bonds. The molecule has 0 radical (unpaired) electrons. The molecule has 2 N–H and O–H groups in total. The molecule has 0 bridgehead atoms. The van der Waals surface area contributed by atoms with Crippen LogP contribution < -0.4 is 10.9 Å². The molecule has 0 fully saturated rings. The molecule has 7 nitrogen and oxygen atoms in total. The maximum atomic E-state index is 12.3. The smallest absolute Gasteiger partial charge is 0.263 e. The Kier molecular flexibility index (Phi) is 4.66. The summed E-state index contributed by atoms with van der Waals surface area (Å²) in [6.07, 6.45) is 1.57.